The molecular weight excluding hydrogens is 694 g/mol. The number of fused-ring (bicyclic) bond motifs is 6. The van der Waals surface area contributed by atoms with Gasteiger partial charge in [0.05, 0.1) is 0 Å². The van der Waals surface area contributed by atoms with Gasteiger partial charge in [0.2, 0.25) is 0 Å². The predicted molar refractivity (Wildman–Crippen MR) is 224 cm³/mol. The van der Waals surface area contributed by atoms with Crippen LogP contribution in [0.2, 0.25) is 0 Å². The van der Waals surface area contributed by atoms with Gasteiger partial charge in [-0.2, -0.15) is 0 Å². The van der Waals surface area contributed by atoms with Crippen molar-refractivity contribution < 1.29 is 0 Å². The maximum absolute atomic E-state index is 2.46. The van der Waals surface area contributed by atoms with E-state index in [0.717, 1.165) is 17.1 Å². The van der Waals surface area contributed by atoms with Crippen molar-refractivity contribution in [3.05, 3.63) is 200 Å². The number of hydrogen-bond acceptors (Lipinski definition) is 1. The van der Waals surface area contributed by atoms with Gasteiger partial charge in [0, 0.05) is 0 Å². The maximum atomic E-state index is 2.46. The Bertz CT molecular complexity index is 2850. The molecule has 1 aromatic heterocycles. The summed E-state index contributed by atoms with van der Waals surface area (Å²) in [6.07, 6.45) is 0. The van der Waals surface area contributed by atoms with E-state index in [9.17, 15) is 0 Å². The van der Waals surface area contributed by atoms with Crippen LogP contribution in [0.4, 0.5) is 17.1 Å². The summed E-state index contributed by atoms with van der Waals surface area (Å²) in [6.45, 7) is 0. The molecule has 0 unspecified atom stereocenters. The molecule has 0 spiro atoms. The van der Waals surface area contributed by atoms with Crippen molar-refractivity contribution in [2.24, 2.45) is 0 Å². The van der Waals surface area contributed by atoms with Crippen LogP contribution in [0, 0.1) is 0 Å². The van der Waals surface area contributed by atoms with Gasteiger partial charge in [0.25, 0.3) is 0 Å². The molecule has 0 radical (unpaired) electrons. The molecule has 244 valence electrons. The monoisotopic (exact) mass is 727 g/mol. The minimum absolute atomic E-state index is 0.251. The van der Waals surface area contributed by atoms with E-state index in [-0.39, 0.29) is 14.5 Å². The molecule has 0 bridgehead atoms. The van der Waals surface area contributed by atoms with Gasteiger partial charge in [0.1, 0.15) is 0 Å². The van der Waals surface area contributed by atoms with Crippen molar-refractivity contribution in [3.63, 3.8) is 0 Å². The normalized spacial score (nSPS) is 11.5. The number of benzene rings is 9. The van der Waals surface area contributed by atoms with Crippen LogP contribution in [-0.4, -0.2) is 14.5 Å². The Morgan fingerprint density at radius 3 is 1.60 bits per heavy atom. The summed E-state index contributed by atoms with van der Waals surface area (Å²) in [5.74, 6) is 0. The van der Waals surface area contributed by atoms with Gasteiger partial charge in [-0.25, -0.2) is 0 Å². The molecular formula is C50H33NSe. The first kappa shape index (κ1) is 30.6. The number of hydrogen-bond donors (Lipinski definition) is 0. The van der Waals surface area contributed by atoms with Crippen LogP contribution in [0.5, 0.6) is 0 Å². The van der Waals surface area contributed by atoms with E-state index in [4.69, 9.17) is 0 Å². The molecule has 1 nitrogen and oxygen atoms in total. The molecule has 52 heavy (non-hydrogen) atoms. The number of nitrogens with zero attached hydrogens (tertiary/aromatic N) is 1. The molecule has 1 heterocycles. The van der Waals surface area contributed by atoms with Gasteiger partial charge >= 0.3 is 305 Å². The Kier molecular flexibility index (Phi) is 7.57. The molecule has 0 N–H and O–H groups in total. The first-order chi connectivity index (χ1) is 25.8. The Labute approximate surface area is 309 Å². The van der Waals surface area contributed by atoms with Gasteiger partial charge in [-0.1, -0.05) is 6.07 Å². The second-order valence-corrected chi connectivity index (χ2v) is 15.6. The van der Waals surface area contributed by atoms with Gasteiger partial charge < -0.3 is 0 Å². The fourth-order valence-corrected chi connectivity index (χ4v) is 10.1. The molecule has 10 rings (SSSR count). The predicted octanol–water partition coefficient (Wildman–Crippen LogP) is 13.8. The van der Waals surface area contributed by atoms with Gasteiger partial charge in [0.15, 0.2) is 0 Å². The van der Waals surface area contributed by atoms with Crippen molar-refractivity contribution in [2.45, 2.75) is 0 Å². The van der Waals surface area contributed by atoms with Crippen LogP contribution >= 0.6 is 0 Å². The molecule has 0 saturated heterocycles. The zero-order valence-corrected chi connectivity index (χ0v) is 30.1. The zero-order valence-electron chi connectivity index (χ0n) is 28.4. The van der Waals surface area contributed by atoms with E-state index >= 15 is 0 Å². The number of rotatable bonds is 6. The summed E-state index contributed by atoms with van der Waals surface area (Å²) < 4.78 is 2.88. The quantitative estimate of drug-likeness (QED) is 0.122. The van der Waals surface area contributed by atoms with Crippen molar-refractivity contribution in [2.75, 3.05) is 4.90 Å². The Morgan fingerprint density at radius 1 is 0.288 bits per heavy atom. The molecule has 10 aromatic rings. The van der Waals surface area contributed by atoms with Crippen LogP contribution in [0.3, 0.4) is 0 Å². The standard InChI is InChI=1S/C50H33NSe/c1-3-14-34(15-4-1)38-28-39(35-16-5-2-6-17-35)31-42(30-38)51(41-26-27-47-46-24-11-12-25-49(46)52-50(47)33-41)40-20-13-19-36(29-40)48-32-37-18-7-8-21-43(37)44-22-9-10-23-45(44)48/h1-33H. The summed E-state index contributed by atoms with van der Waals surface area (Å²) in [4.78, 5) is 2.46. The van der Waals surface area contributed by atoms with Crippen LogP contribution in [0.25, 0.3) is 74.2 Å². The second-order valence-electron chi connectivity index (χ2n) is 13.4. The van der Waals surface area contributed by atoms with Crippen molar-refractivity contribution in [1.29, 1.82) is 0 Å². The van der Waals surface area contributed by atoms with E-state index in [0.29, 0.717) is 0 Å². The molecule has 0 atom stereocenters. The Hall–Kier alpha value is -6.18. The van der Waals surface area contributed by atoms with Crippen molar-refractivity contribution in [1.82, 2.24) is 0 Å². The first-order valence-corrected chi connectivity index (χ1v) is 19.5. The van der Waals surface area contributed by atoms with E-state index < -0.39 is 0 Å². The van der Waals surface area contributed by atoms with E-state index in [1.165, 1.54) is 74.2 Å². The van der Waals surface area contributed by atoms with E-state index in [2.05, 4.69) is 205 Å². The Balaban J connectivity index is 1.22. The second kappa shape index (κ2) is 12.9. The Morgan fingerprint density at radius 2 is 0.846 bits per heavy atom. The fraction of sp³-hybridized carbons (Fsp3) is 0. The summed E-state index contributed by atoms with van der Waals surface area (Å²) in [7, 11) is 0. The SMILES string of the molecule is c1ccc(-c2cc(-c3ccccc3)cc(N(c3cccc(-c4cc5ccccc5c5ccccc45)c3)c3ccc4c(c3)[se]c3ccccc34)c2)cc1. The van der Waals surface area contributed by atoms with E-state index in [1.54, 1.807) is 0 Å². The average Bonchev–Trinajstić information content (AvgIpc) is 3.59. The minimum atomic E-state index is 0.251. The van der Waals surface area contributed by atoms with Crippen molar-refractivity contribution in [3.8, 4) is 33.4 Å². The summed E-state index contributed by atoms with van der Waals surface area (Å²) in [6, 6.07) is 73.5. The third kappa shape index (κ3) is 5.41. The molecule has 0 saturated carbocycles. The average molecular weight is 727 g/mol. The summed E-state index contributed by atoms with van der Waals surface area (Å²) >= 11 is 0.251. The van der Waals surface area contributed by atoms with Gasteiger partial charge in [-0.05, 0) is 0 Å². The third-order valence-electron chi connectivity index (χ3n) is 10.2. The molecule has 9 aromatic carbocycles. The topological polar surface area (TPSA) is 3.24 Å². The van der Waals surface area contributed by atoms with Crippen LogP contribution in [0.15, 0.2) is 200 Å². The number of anilines is 3. The molecule has 0 amide bonds. The molecule has 0 fully saturated rings. The van der Waals surface area contributed by atoms with Crippen molar-refractivity contribution >= 4 is 72.4 Å². The van der Waals surface area contributed by atoms with Crippen LogP contribution < -0.4 is 4.90 Å². The van der Waals surface area contributed by atoms with E-state index in [1.807, 2.05) is 0 Å². The molecule has 0 aliphatic rings. The zero-order chi connectivity index (χ0) is 34.4. The van der Waals surface area contributed by atoms with Gasteiger partial charge in [-0.3, -0.25) is 0 Å². The van der Waals surface area contributed by atoms with Gasteiger partial charge in [-0.15, -0.1) is 0 Å². The van der Waals surface area contributed by atoms with Crippen LogP contribution in [0.1, 0.15) is 0 Å². The third-order valence-corrected chi connectivity index (χ3v) is 12.6. The molecule has 0 aliphatic carbocycles. The van der Waals surface area contributed by atoms with Crippen LogP contribution in [-0.2, 0) is 0 Å². The molecule has 0 aliphatic heterocycles. The summed E-state index contributed by atoms with van der Waals surface area (Å²) in [5.41, 5.74) is 10.6. The molecule has 2 heteroatoms. The fourth-order valence-electron chi connectivity index (χ4n) is 7.74. The first-order valence-electron chi connectivity index (χ1n) is 17.8. The summed E-state index contributed by atoms with van der Waals surface area (Å²) in [5, 5.41) is 7.81.